The van der Waals surface area contributed by atoms with Gasteiger partial charge in [-0.15, -0.1) is 0 Å². The van der Waals surface area contributed by atoms with Crippen molar-refractivity contribution in [2.45, 2.75) is 35.5 Å². The summed E-state index contributed by atoms with van der Waals surface area (Å²) < 4.78 is 0. The van der Waals surface area contributed by atoms with Gasteiger partial charge in [-0.05, 0) is 206 Å². The normalized spacial score (nSPS) is 15.3. The fourth-order valence-electron chi connectivity index (χ4n) is 19.1. The third-order valence-electron chi connectivity index (χ3n) is 23.5. The Bertz CT molecular complexity index is 5880. The molecule has 0 bridgehead atoms. The average Bonchev–Trinajstić information content (AvgIpc) is 1.27. The largest absolute Gasteiger partial charge is 0.310 e. The van der Waals surface area contributed by atoms with E-state index >= 15 is 0 Å². The van der Waals surface area contributed by atoms with Crippen LogP contribution in [0.5, 0.6) is 0 Å². The van der Waals surface area contributed by atoms with E-state index in [-0.39, 0.29) is 5.41 Å². The van der Waals surface area contributed by atoms with E-state index in [1.165, 1.54) is 122 Å². The van der Waals surface area contributed by atoms with E-state index in [9.17, 15) is 0 Å². The van der Waals surface area contributed by atoms with Gasteiger partial charge < -0.3 is 9.80 Å². The first-order valence-electron chi connectivity index (χ1n) is 36.5. The van der Waals surface area contributed by atoms with Crippen molar-refractivity contribution in [2.75, 3.05) is 9.80 Å². The Morgan fingerprint density at radius 3 is 0.779 bits per heavy atom. The molecule has 0 amide bonds. The first kappa shape index (κ1) is 61.0. The predicted molar refractivity (Wildman–Crippen MR) is 431 cm³/mol. The lowest BCUT2D eigenvalue weighted by atomic mass is 9.51. The van der Waals surface area contributed by atoms with Crippen LogP contribution in [0, 0.1) is 0 Å². The minimum atomic E-state index is -0.692. The summed E-state index contributed by atoms with van der Waals surface area (Å²) in [7, 11) is 0. The summed E-state index contributed by atoms with van der Waals surface area (Å²) in [5.74, 6) is 0. The van der Waals surface area contributed by atoms with E-state index in [1.54, 1.807) is 0 Å². The van der Waals surface area contributed by atoms with Gasteiger partial charge in [0.2, 0.25) is 0 Å². The van der Waals surface area contributed by atoms with E-state index in [4.69, 9.17) is 0 Å². The Kier molecular flexibility index (Phi) is 14.0. The van der Waals surface area contributed by atoms with Crippen LogP contribution < -0.4 is 9.80 Å². The molecule has 0 saturated heterocycles. The molecule has 0 heterocycles. The Balaban J connectivity index is 0.700. The van der Waals surface area contributed by atoms with Crippen LogP contribution in [0.1, 0.15) is 91.7 Å². The minimum Gasteiger partial charge on any atom is -0.310 e. The average molecular weight is 1330 g/mol. The van der Waals surface area contributed by atoms with Crippen LogP contribution in [0.2, 0.25) is 0 Å². The minimum absolute atomic E-state index is 0.175. The topological polar surface area (TPSA) is 6.48 Å². The van der Waals surface area contributed by atoms with Gasteiger partial charge in [0.15, 0.2) is 0 Å². The van der Waals surface area contributed by atoms with Gasteiger partial charge in [-0.2, -0.15) is 0 Å². The van der Waals surface area contributed by atoms with Crippen molar-refractivity contribution < 1.29 is 0 Å². The highest BCUT2D eigenvalue weighted by atomic mass is 15.1. The third kappa shape index (κ3) is 8.88. The zero-order valence-corrected chi connectivity index (χ0v) is 58.0. The van der Waals surface area contributed by atoms with Gasteiger partial charge in [-0.3, -0.25) is 0 Å². The zero-order chi connectivity index (χ0) is 69.1. The van der Waals surface area contributed by atoms with Gasteiger partial charge in [0.25, 0.3) is 0 Å². The van der Waals surface area contributed by atoms with Gasteiger partial charge in [-0.1, -0.05) is 341 Å². The summed E-state index contributed by atoms with van der Waals surface area (Å²) in [5.41, 5.74) is 35.0. The monoisotopic (exact) mass is 1320 g/mol. The maximum atomic E-state index is 2.46. The highest BCUT2D eigenvalue weighted by Gasteiger charge is 2.57. The van der Waals surface area contributed by atoms with Gasteiger partial charge in [-0.25, -0.2) is 0 Å². The van der Waals surface area contributed by atoms with Crippen LogP contribution in [0.15, 0.2) is 400 Å². The van der Waals surface area contributed by atoms with E-state index in [1.807, 2.05) is 0 Å². The summed E-state index contributed by atoms with van der Waals surface area (Å²) in [6.45, 7) is 4.79. The van der Waals surface area contributed by atoms with Crippen LogP contribution in [-0.2, 0) is 21.7 Å². The van der Waals surface area contributed by atoms with Crippen LogP contribution in [0.25, 0.3) is 55.6 Å². The van der Waals surface area contributed by atoms with E-state index < -0.39 is 16.2 Å². The molecule has 0 fully saturated rings. The molecule has 2 heteroatoms. The molecule has 0 N–H and O–H groups in total. The molecule has 16 aromatic rings. The summed E-state index contributed by atoms with van der Waals surface area (Å²) in [6.07, 6.45) is 0. The Morgan fingerprint density at radius 1 is 0.163 bits per heavy atom. The summed E-state index contributed by atoms with van der Waals surface area (Å²) >= 11 is 0. The lowest BCUT2D eigenvalue weighted by Gasteiger charge is -2.50. The fourth-order valence-corrected chi connectivity index (χ4v) is 19.1. The summed E-state index contributed by atoms with van der Waals surface area (Å²) in [6, 6.07) is 150. The molecule has 2 nitrogen and oxygen atoms in total. The summed E-state index contributed by atoms with van der Waals surface area (Å²) in [5, 5.41) is 0. The first-order valence-corrected chi connectivity index (χ1v) is 36.5. The molecule has 490 valence electrons. The SMILES string of the molecule is CC1(C)c2ccccc2C2(c3ccccc3-c3cc(N(c4ccc(-c5ccccc5)cc4)c4ccc(-c5ccc(C6(c7ccccc7)c7ccccc7C7(c8ccccc8-c8cc(N(c9ccccc9)c9ccc(-c%10ccccc%10)cc9)ccc87)c7ccccc76)cc5)cc4)ccc32)c2ccccc21. The number of hydrogen-bond acceptors (Lipinski definition) is 2. The molecule has 0 aliphatic heterocycles. The Labute approximate surface area is 609 Å². The van der Waals surface area contributed by atoms with Crippen molar-refractivity contribution in [3.63, 3.8) is 0 Å². The molecule has 4 aliphatic rings. The maximum absolute atomic E-state index is 2.46. The Morgan fingerprint density at radius 2 is 0.404 bits per heavy atom. The molecule has 2 spiro atoms. The van der Waals surface area contributed by atoms with Crippen molar-refractivity contribution in [3.05, 3.63) is 478 Å². The molecular weight excluding hydrogens is 1250 g/mol. The van der Waals surface area contributed by atoms with Crippen LogP contribution >= 0.6 is 0 Å². The molecule has 16 aromatic carbocycles. The molecular formula is C102H72N2. The van der Waals surface area contributed by atoms with Gasteiger partial charge in [0, 0.05) is 39.5 Å². The van der Waals surface area contributed by atoms with Gasteiger partial charge >= 0.3 is 0 Å². The van der Waals surface area contributed by atoms with Crippen molar-refractivity contribution in [1.82, 2.24) is 0 Å². The Hall–Kier alpha value is -12.9. The molecule has 0 unspecified atom stereocenters. The number of fused-ring (bicyclic) bond motifs is 18. The second-order valence-electron chi connectivity index (χ2n) is 28.9. The van der Waals surface area contributed by atoms with Crippen LogP contribution in [0.3, 0.4) is 0 Å². The van der Waals surface area contributed by atoms with Gasteiger partial charge in [0.1, 0.15) is 0 Å². The molecule has 4 aliphatic carbocycles. The smallest absolute Gasteiger partial charge is 0.0720 e. The third-order valence-corrected chi connectivity index (χ3v) is 23.5. The number of anilines is 6. The number of para-hydroxylation sites is 1. The molecule has 0 radical (unpaired) electrons. The molecule has 0 saturated carbocycles. The van der Waals surface area contributed by atoms with Crippen LogP contribution in [0.4, 0.5) is 34.1 Å². The number of benzene rings is 16. The second kappa shape index (κ2) is 23.9. The van der Waals surface area contributed by atoms with E-state index in [0.29, 0.717) is 0 Å². The lowest BCUT2D eigenvalue weighted by molar-refractivity contribution is 0.563. The van der Waals surface area contributed by atoms with E-state index in [2.05, 4.69) is 424 Å². The molecule has 104 heavy (non-hydrogen) atoms. The maximum Gasteiger partial charge on any atom is 0.0720 e. The standard InChI is InChI=1S/C102H72N2/c1-99(2)91-39-19-21-41-93(91)101(94-42-22-20-40-92(94)99)87-37-17-15-35-83(87)85-68-82(64-65-89(85)101)104(79-59-51-73(52-60-79)70-29-9-4-10-30-70)80-61-53-74(54-62-80)71-47-55-76(56-48-71)100(75-31-11-5-12-32-75)95-43-23-25-45-97(95)102(98-46-26-24-44-96(98)100)88-38-18-16-36-84(88)86-67-81(63-66-90(86)102)103(77-33-13-6-14-34-77)78-57-49-72(50-58-78)69-27-7-3-8-28-69/h3-68H,1-2H3. The van der Waals surface area contributed by atoms with Crippen molar-refractivity contribution in [2.24, 2.45) is 0 Å². The van der Waals surface area contributed by atoms with Gasteiger partial charge in [0.05, 0.1) is 16.2 Å². The predicted octanol–water partition coefficient (Wildman–Crippen LogP) is 25.7. The number of rotatable bonds is 11. The molecule has 0 atom stereocenters. The highest BCUT2D eigenvalue weighted by molar-refractivity contribution is 5.95. The quantitative estimate of drug-likeness (QED) is 0.127. The van der Waals surface area contributed by atoms with Crippen molar-refractivity contribution in [1.29, 1.82) is 0 Å². The van der Waals surface area contributed by atoms with Crippen molar-refractivity contribution in [3.8, 4) is 55.6 Å². The van der Waals surface area contributed by atoms with Crippen LogP contribution in [-0.4, -0.2) is 0 Å². The number of nitrogens with zero attached hydrogens (tertiary/aromatic N) is 2. The summed E-state index contributed by atoms with van der Waals surface area (Å²) in [4.78, 5) is 4.85. The van der Waals surface area contributed by atoms with E-state index in [0.717, 1.165) is 45.3 Å². The first-order chi connectivity index (χ1) is 51.3. The fraction of sp³-hybridized carbons (Fsp3) is 0.0588. The molecule has 20 rings (SSSR count). The second-order valence-corrected chi connectivity index (χ2v) is 28.9. The highest BCUT2D eigenvalue weighted by Crippen LogP contribution is 2.66. The zero-order valence-electron chi connectivity index (χ0n) is 58.0. The lowest BCUT2D eigenvalue weighted by Crippen LogP contribution is -2.44. The molecule has 0 aromatic heterocycles. The van der Waals surface area contributed by atoms with Crippen molar-refractivity contribution >= 4 is 34.1 Å². The number of hydrogen-bond donors (Lipinski definition) is 0.